The summed E-state index contributed by atoms with van der Waals surface area (Å²) in [4.78, 5) is 22.1. The second-order valence-electron chi connectivity index (χ2n) is 8.15. The second-order valence-corrected chi connectivity index (χ2v) is 8.15. The van der Waals surface area contributed by atoms with Gasteiger partial charge in [0.2, 0.25) is 0 Å². The number of ether oxygens (including phenoxy) is 1. The van der Waals surface area contributed by atoms with Gasteiger partial charge in [-0.1, -0.05) is 18.2 Å². The number of hydrogen-bond acceptors (Lipinski definition) is 6. The van der Waals surface area contributed by atoms with Crippen molar-refractivity contribution in [1.82, 2.24) is 25.1 Å². The average molecular weight is 443 g/mol. The first-order valence-electron chi connectivity index (χ1n) is 11.1. The number of carbonyl (C=O) groups is 1. The lowest BCUT2D eigenvalue weighted by atomic mass is 10.2. The standard InChI is InChI=1S/C25H26N6O2/c1-16-21-23(26-14-15-27-25(32)18-10-12-20(33-2)13-11-18)28-22(17-8-9-17)29-24(21)31(30-16)19-6-4-3-5-7-19/h3-7,10-13,17H,8-9,14-15H2,1-2H3,(H,27,32)(H,26,28,29). The van der Waals surface area contributed by atoms with Gasteiger partial charge in [0.25, 0.3) is 5.91 Å². The average Bonchev–Trinajstić information content (AvgIpc) is 3.65. The van der Waals surface area contributed by atoms with Crippen LogP contribution in [0.3, 0.4) is 0 Å². The van der Waals surface area contributed by atoms with E-state index in [1.807, 2.05) is 41.9 Å². The summed E-state index contributed by atoms with van der Waals surface area (Å²) in [6.45, 7) is 2.97. The van der Waals surface area contributed by atoms with E-state index in [-0.39, 0.29) is 5.91 Å². The van der Waals surface area contributed by atoms with Gasteiger partial charge in [-0.05, 0) is 56.2 Å². The van der Waals surface area contributed by atoms with Gasteiger partial charge in [0, 0.05) is 24.6 Å². The highest BCUT2D eigenvalue weighted by molar-refractivity contribution is 5.94. The fraction of sp³-hybridized carbons (Fsp3) is 0.280. The Hall–Kier alpha value is -3.94. The zero-order valence-corrected chi connectivity index (χ0v) is 18.7. The minimum absolute atomic E-state index is 0.126. The summed E-state index contributed by atoms with van der Waals surface area (Å²) < 4.78 is 7.03. The van der Waals surface area contributed by atoms with Crippen LogP contribution in [0.5, 0.6) is 5.75 Å². The Morgan fingerprint density at radius 1 is 1.06 bits per heavy atom. The summed E-state index contributed by atoms with van der Waals surface area (Å²) in [7, 11) is 1.60. The zero-order valence-electron chi connectivity index (χ0n) is 18.7. The Kier molecular flexibility index (Phi) is 5.64. The fourth-order valence-electron chi connectivity index (χ4n) is 3.80. The van der Waals surface area contributed by atoms with Crippen LogP contribution in [0.2, 0.25) is 0 Å². The van der Waals surface area contributed by atoms with Crippen LogP contribution in [0, 0.1) is 6.92 Å². The number of carbonyl (C=O) groups excluding carboxylic acids is 1. The van der Waals surface area contributed by atoms with Gasteiger partial charge < -0.3 is 15.4 Å². The summed E-state index contributed by atoms with van der Waals surface area (Å²) in [5, 5.41) is 12.0. The van der Waals surface area contributed by atoms with Crippen molar-refractivity contribution >= 4 is 22.8 Å². The molecule has 8 heteroatoms. The lowest BCUT2D eigenvalue weighted by Gasteiger charge is -2.11. The van der Waals surface area contributed by atoms with Gasteiger partial charge in [0.05, 0.1) is 23.9 Å². The third-order valence-corrected chi connectivity index (χ3v) is 5.72. The van der Waals surface area contributed by atoms with E-state index in [0.717, 1.165) is 52.6 Å². The van der Waals surface area contributed by atoms with Gasteiger partial charge in [-0.2, -0.15) is 5.10 Å². The molecule has 168 valence electrons. The number of anilines is 1. The van der Waals surface area contributed by atoms with E-state index in [0.29, 0.717) is 24.6 Å². The first-order chi connectivity index (χ1) is 16.1. The van der Waals surface area contributed by atoms with Gasteiger partial charge in [-0.15, -0.1) is 0 Å². The molecule has 1 aliphatic carbocycles. The molecule has 0 aliphatic heterocycles. The van der Waals surface area contributed by atoms with Gasteiger partial charge in [0.1, 0.15) is 17.4 Å². The van der Waals surface area contributed by atoms with Crippen molar-refractivity contribution in [3.8, 4) is 11.4 Å². The molecule has 1 saturated carbocycles. The van der Waals surface area contributed by atoms with Crippen molar-refractivity contribution in [3.05, 3.63) is 71.7 Å². The molecule has 0 bridgehead atoms. The van der Waals surface area contributed by atoms with E-state index in [2.05, 4.69) is 10.6 Å². The molecule has 1 amide bonds. The van der Waals surface area contributed by atoms with Gasteiger partial charge >= 0.3 is 0 Å². The Morgan fingerprint density at radius 3 is 2.52 bits per heavy atom. The molecule has 2 heterocycles. The predicted molar refractivity (Wildman–Crippen MR) is 127 cm³/mol. The molecular weight excluding hydrogens is 416 g/mol. The summed E-state index contributed by atoms with van der Waals surface area (Å²) in [5.74, 6) is 2.62. The van der Waals surface area contributed by atoms with Crippen LogP contribution >= 0.6 is 0 Å². The van der Waals surface area contributed by atoms with Crippen molar-refractivity contribution in [2.45, 2.75) is 25.7 Å². The van der Waals surface area contributed by atoms with Gasteiger partial charge in [0.15, 0.2) is 5.65 Å². The third kappa shape index (κ3) is 4.37. The number of aryl methyl sites for hydroxylation is 1. The summed E-state index contributed by atoms with van der Waals surface area (Å²) in [6.07, 6.45) is 2.22. The summed E-state index contributed by atoms with van der Waals surface area (Å²) in [6, 6.07) is 17.1. The largest absolute Gasteiger partial charge is 0.497 e. The topological polar surface area (TPSA) is 94.0 Å². The second kappa shape index (κ2) is 8.90. The van der Waals surface area contributed by atoms with Crippen LogP contribution in [0.1, 0.15) is 40.6 Å². The molecule has 1 aliphatic rings. The molecule has 5 rings (SSSR count). The number of aromatic nitrogens is 4. The Balaban J connectivity index is 1.34. The molecule has 0 spiro atoms. The Labute approximate surface area is 192 Å². The molecule has 2 aromatic carbocycles. The summed E-state index contributed by atoms with van der Waals surface area (Å²) in [5.41, 5.74) is 3.23. The molecular formula is C25H26N6O2. The molecule has 8 nitrogen and oxygen atoms in total. The molecule has 0 unspecified atom stereocenters. The van der Waals surface area contributed by atoms with Crippen LogP contribution in [0.4, 0.5) is 5.82 Å². The maximum Gasteiger partial charge on any atom is 0.251 e. The van der Waals surface area contributed by atoms with Crippen LogP contribution in [0.25, 0.3) is 16.7 Å². The molecule has 33 heavy (non-hydrogen) atoms. The molecule has 0 atom stereocenters. The quantitative estimate of drug-likeness (QED) is 0.403. The first kappa shape index (κ1) is 20.9. The monoisotopic (exact) mass is 442 g/mol. The van der Waals surface area contributed by atoms with Crippen LogP contribution < -0.4 is 15.4 Å². The number of nitrogens with zero attached hydrogens (tertiary/aromatic N) is 4. The Bertz CT molecular complexity index is 1280. The molecule has 0 radical (unpaired) electrons. The number of nitrogens with one attached hydrogen (secondary N) is 2. The predicted octanol–water partition coefficient (Wildman–Crippen LogP) is 3.85. The SMILES string of the molecule is COc1ccc(C(=O)NCCNc2nc(C3CC3)nc3c2c(C)nn3-c2ccccc2)cc1. The highest BCUT2D eigenvalue weighted by atomic mass is 16.5. The maximum absolute atomic E-state index is 12.4. The van der Waals surface area contributed by atoms with Crippen LogP contribution in [-0.2, 0) is 0 Å². The lowest BCUT2D eigenvalue weighted by Crippen LogP contribution is -2.29. The van der Waals surface area contributed by atoms with E-state index in [1.165, 1.54) is 0 Å². The van der Waals surface area contributed by atoms with E-state index < -0.39 is 0 Å². The maximum atomic E-state index is 12.4. The van der Waals surface area contributed by atoms with Crippen LogP contribution in [-0.4, -0.2) is 45.9 Å². The van der Waals surface area contributed by atoms with Crippen molar-refractivity contribution in [3.63, 3.8) is 0 Å². The first-order valence-corrected chi connectivity index (χ1v) is 11.1. The highest BCUT2D eigenvalue weighted by Crippen LogP contribution is 2.40. The third-order valence-electron chi connectivity index (χ3n) is 5.72. The number of fused-ring (bicyclic) bond motifs is 1. The minimum atomic E-state index is -0.126. The molecule has 0 saturated heterocycles. The number of para-hydroxylation sites is 1. The summed E-state index contributed by atoms with van der Waals surface area (Å²) >= 11 is 0. The van der Waals surface area contributed by atoms with E-state index in [9.17, 15) is 4.79 Å². The van der Waals surface area contributed by atoms with Crippen molar-refractivity contribution in [2.24, 2.45) is 0 Å². The van der Waals surface area contributed by atoms with Crippen LogP contribution in [0.15, 0.2) is 54.6 Å². The number of methoxy groups -OCH3 is 1. The smallest absolute Gasteiger partial charge is 0.251 e. The number of rotatable bonds is 8. The zero-order chi connectivity index (χ0) is 22.8. The molecule has 2 N–H and O–H groups in total. The molecule has 1 fully saturated rings. The number of hydrogen-bond donors (Lipinski definition) is 2. The lowest BCUT2D eigenvalue weighted by molar-refractivity contribution is 0.0955. The van der Waals surface area contributed by atoms with Crippen molar-refractivity contribution in [2.75, 3.05) is 25.5 Å². The van der Waals surface area contributed by atoms with Crippen molar-refractivity contribution < 1.29 is 9.53 Å². The highest BCUT2D eigenvalue weighted by Gasteiger charge is 2.29. The van der Waals surface area contributed by atoms with Crippen molar-refractivity contribution in [1.29, 1.82) is 0 Å². The van der Waals surface area contributed by atoms with Gasteiger partial charge in [-0.3, -0.25) is 4.79 Å². The number of amides is 1. The number of benzene rings is 2. The van der Waals surface area contributed by atoms with E-state index in [4.69, 9.17) is 19.8 Å². The Morgan fingerprint density at radius 2 is 1.82 bits per heavy atom. The van der Waals surface area contributed by atoms with E-state index in [1.54, 1.807) is 31.4 Å². The minimum Gasteiger partial charge on any atom is -0.497 e. The van der Waals surface area contributed by atoms with E-state index >= 15 is 0 Å². The molecule has 2 aromatic heterocycles. The van der Waals surface area contributed by atoms with Gasteiger partial charge in [-0.25, -0.2) is 14.6 Å². The normalized spacial score (nSPS) is 13.2. The fourth-order valence-corrected chi connectivity index (χ4v) is 3.80. The molecule has 4 aromatic rings.